The van der Waals surface area contributed by atoms with Crippen LogP contribution in [0.1, 0.15) is 31.9 Å². The van der Waals surface area contributed by atoms with E-state index in [9.17, 15) is 4.79 Å². The standard InChI is InChI=1S/C18H19IO2/c1-18(2,3)16-10-8-15(9-11-16)14-6-4-13(5-7-14)12-17(20)21-19/h4-11H,12H2,1-3H3. The molecule has 0 heterocycles. The summed E-state index contributed by atoms with van der Waals surface area (Å²) >= 11 is 1.62. The molecule has 0 aliphatic carbocycles. The first-order valence-electron chi connectivity index (χ1n) is 6.91. The van der Waals surface area contributed by atoms with Crippen molar-refractivity contribution in [3.8, 4) is 11.1 Å². The summed E-state index contributed by atoms with van der Waals surface area (Å²) in [5.41, 5.74) is 4.80. The second-order valence-corrected chi connectivity index (χ2v) is 6.59. The molecule has 110 valence electrons. The highest BCUT2D eigenvalue weighted by atomic mass is 127. The molecular formula is C18H19IO2. The second kappa shape index (κ2) is 6.60. The third kappa shape index (κ3) is 4.30. The highest BCUT2D eigenvalue weighted by Gasteiger charge is 2.13. The van der Waals surface area contributed by atoms with E-state index in [1.807, 2.05) is 24.3 Å². The summed E-state index contributed by atoms with van der Waals surface area (Å²) in [4.78, 5) is 11.2. The van der Waals surface area contributed by atoms with Crippen LogP contribution in [0.25, 0.3) is 11.1 Å². The lowest BCUT2D eigenvalue weighted by molar-refractivity contribution is -0.130. The highest BCUT2D eigenvalue weighted by molar-refractivity contribution is 14.1. The molecule has 0 aliphatic heterocycles. The van der Waals surface area contributed by atoms with E-state index in [4.69, 9.17) is 0 Å². The van der Waals surface area contributed by atoms with Crippen molar-refractivity contribution in [1.82, 2.24) is 0 Å². The van der Waals surface area contributed by atoms with Crippen molar-refractivity contribution in [2.24, 2.45) is 0 Å². The van der Waals surface area contributed by atoms with Gasteiger partial charge in [0.2, 0.25) is 0 Å². The number of halogens is 1. The van der Waals surface area contributed by atoms with E-state index >= 15 is 0 Å². The van der Waals surface area contributed by atoms with Crippen LogP contribution in [0.4, 0.5) is 0 Å². The van der Waals surface area contributed by atoms with Crippen LogP contribution < -0.4 is 0 Å². The maximum atomic E-state index is 11.2. The molecule has 0 bridgehead atoms. The molecule has 0 aliphatic rings. The van der Waals surface area contributed by atoms with Crippen molar-refractivity contribution in [2.75, 3.05) is 0 Å². The first kappa shape index (κ1) is 16.0. The molecule has 3 heteroatoms. The predicted octanol–water partition coefficient (Wildman–Crippen LogP) is 5.09. The topological polar surface area (TPSA) is 26.3 Å². The van der Waals surface area contributed by atoms with E-state index < -0.39 is 0 Å². The van der Waals surface area contributed by atoms with Gasteiger partial charge in [-0.3, -0.25) is 4.79 Å². The van der Waals surface area contributed by atoms with Crippen LogP contribution in [0.2, 0.25) is 0 Å². The number of hydrogen-bond donors (Lipinski definition) is 0. The number of benzene rings is 2. The lowest BCUT2D eigenvalue weighted by Crippen LogP contribution is -2.10. The molecule has 2 rings (SSSR count). The Bertz CT molecular complexity index is 607. The summed E-state index contributed by atoms with van der Waals surface area (Å²) in [5, 5.41) is 0. The highest BCUT2D eigenvalue weighted by Crippen LogP contribution is 2.26. The van der Waals surface area contributed by atoms with Crippen molar-refractivity contribution in [1.29, 1.82) is 0 Å². The summed E-state index contributed by atoms with van der Waals surface area (Å²) in [7, 11) is 0. The average molecular weight is 394 g/mol. The molecule has 0 unspecified atom stereocenters. The van der Waals surface area contributed by atoms with Crippen molar-refractivity contribution in [3.63, 3.8) is 0 Å². The molecule has 0 atom stereocenters. The molecule has 0 spiro atoms. The van der Waals surface area contributed by atoms with Crippen molar-refractivity contribution in [2.45, 2.75) is 32.6 Å². The molecule has 0 saturated carbocycles. The van der Waals surface area contributed by atoms with Crippen LogP contribution >= 0.6 is 23.0 Å². The summed E-state index contributed by atoms with van der Waals surface area (Å²) in [6, 6.07) is 16.7. The minimum absolute atomic E-state index is 0.169. The third-order valence-electron chi connectivity index (χ3n) is 3.47. The molecule has 0 saturated heterocycles. The number of carbonyl (C=O) groups excluding carboxylic acids is 1. The lowest BCUT2D eigenvalue weighted by atomic mass is 9.86. The van der Waals surface area contributed by atoms with Gasteiger partial charge in [0.25, 0.3) is 0 Å². The smallest absolute Gasteiger partial charge is 0.319 e. The minimum Gasteiger partial charge on any atom is -0.394 e. The first-order valence-corrected chi connectivity index (χ1v) is 7.79. The van der Waals surface area contributed by atoms with Gasteiger partial charge in [0.05, 0.1) is 6.42 Å². The first-order chi connectivity index (χ1) is 9.90. The quantitative estimate of drug-likeness (QED) is 0.679. The molecular weight excluding hydrogens is 375 g/mol. The van der Waals surface area contributed by atoms with Crippen molar-refractivity contribution in [3.05, 3.63) is 59.7 Å². The summed E-state index contributed by atoms with van der Waals surface area (Å²) in [6.07, 6.45) is 0.312. The maximum absolute atomic E-state index is 11.2. The summed E-state index contributed by atoms with van der Waals surface area (Å²) < 4.78 is 4.65. The van der Waals surface area contributed by atoms with E-state index in [1.165, 1.54) is 11.1 Å². The largest absolute Gasteiger partial charge is 0.394 e. The van der Waals surface area contributed by atoms with Crippen LogP contribution in [0, 0.1) is 0 Å². The monoisotopic (exact) mass is 394 g/mol. The van der Waals surface area contributed by atoms with Gasteiger partial charge in [-0.25, -0.2) is 0 Å². The van der Waals surface area contributed by atoms with Gasteiger partial charge in [0.15, 0.2) is 23.0 Å². The molecule has 0 aromatic heterocycles. The SMILES string of the molecule is CC(C)(C)c1ccc(-c2ccc(CC(=O)OI)cc2)cc1. The Morgan fingerprint density at radius 1 is 0.952 bits per heavy atom. The van der Waals surface area contributed by atoms with E-state index in [-0.39, 0.29) is 11.4 Å². The number of hydrogen-bond acceptors (Lipinski definition) is 2. The Morgan fingerprint density at radius 3 is 1.86 bits per heavy atom. The van der Waals surface area contributed by atoms with Gasteiger partial charge in [-0.1, -0.05) is 69.3 Å². The van der Waals surface area contributed by atoms with Crippen molar-refractivity contribution < 1.29 is 7.86 Å². The summed E-state index contributed by atoms with van der Waals surface area (Å²) in [6.45, 7) is 6.63. The molecule has 2 nitrogen and oxygen atoms in total. The molecule has 21 heavy (non-hydrogen) atoms. The minimum atomic E-state index is -0.224. The van der Waals surface area contributed by atoms with Gasteiger partial charge < -0.3 is 3.07 Å². The van der Waals surface area contributed by atoms with Gasteiger partial charge >= 0.3 is 5.97 Å². The number of rotatable bonds is 3. The Morgan fingerprint density at radius 2 is 1.43 bits per heavy atom. The van der Waals surface area contributed by atoms with Crippen LogP contribution in [0.5, 0.6) is 0 Å². The molecule has 0 radical (unpaired) electrons. The lowest BCUT2D eigenvalue weighted by Gasteiger charge is -2.19. The number of carbonyl (C=O) groups is 1. The fourth-order valence-corrected chi connectivity index (χ4v) is 2.33. The molecule has 0 amide bonds. The average Bonchev–Trinajstić information content (AvgIpc) is 2.47. The summed E-state index contributed by atoms with van der Waals surface area (Å²) in [5.74, 6) is -0.224. The maximum Gasteiger partial charge on any atom is 0.319 e. The van der Waals surface area contributed by atoms with Gasteiger partial charge in [-0.2, -0.15) is 0 Å². The fourth-order valence-electron chi connectivity index (χ4n) is 2.17. The zero-order valence-corrected chi connectivity index (χ0v) is 14.7. The second-order valence-electron chi connectivity index (χ2n) is 6.15. The van der Waals surface area contributed by atoms with Crippen LogP contribution in [-0.4, -0.2) is 5.97 Å². The molecule has 2 aromatic carbocycles. The van der Waals surface area contributed by atoms with E-state index in [0.29, 0.717) is 6.42 Å². The fraction of sp³-hybridized carbons (Fsp3) is 0.278. The normalized spacial score (nSPS) is 11.2. The zero-order valence-electron chi connectivity index (χ0n) is 12.5. The van der Waals surface area contributed by atoms with Crippen LogP contribution in [0.15, 0.2) is 48.5 Å². The van der Waals surface area contributed by atoms with Gasteiger partial charge in [-0.15, -0.1) is 0 Å². The Balaban J connectivity index is 2.17. The van der Waals surface area contributed by atoms with E-state index in [2.05, 4.69) is 48.1 Å². The Hall–Kier alpha value is -1.36. The van der Waals surface area contributed by atoms with Gasteiger partial charge in [-0.05, 0) is 27.7 Å². The van der Waals surface area contributed by atoms with Crippen LogP contribution in [0.3, 0.4) is 0 Å². The van der Waals surface area contributed by atoms with E-state index in [1.54, 1.807) is 23.0 Å². The van der Waals surface area contributed by atoms with Gasteiger partial charge in [0.1, 0.15) is 0 Å². The third-order valence-corrected chi connectivity index (χ3v) is 3.96. The van der Waals surface area contributed by atoms with Crippen LogP contribution in [-0.2, 0) is 19.7 Å². The zero-order chi connectivity index (χ0) is 15.5. The predicted molar refractivity (Wildman–Crippen MR) is 94.4 cm³/mol. The van der Waals surface area contributed by atoms with E-state index in [0.717, 1.165) is 11.1 Å². The van der Waals surface area contributed by atoms with Gasteiger partial charge in [0, 0.05) is 0 Å². The molecule has 0 fully saturated rings. The van der Waals surface area contributed by atoms with Crippen molar-refractivity contribution >= 4 is 29.0 Å². The molecule has 2 aromatic rings. The Kier molecular flexibility index (Phi) is 5.04. The Labute approximate surface area is 140 Å². The molecule has 0 N–H and O–H groups in total.